The molecule has 3 N–H and O–H groups in total. The Hall–Kier alpha value is -1.07. The van der Waals surface area contributed by atoms with Crippen LogP contribution in [0.1, 0.15) is 24.1 Å². The van der Waals surface area contributed by atoms with Gasteiger partial charge in [-0.05, 0) is 26.3 Å². The lowest BCUT2D eigenvalue weighted by molar-refractivity contribution is 0.195. The highest BCUT2D eigenvalue weighted by molar-refractivity contribution is 6.30. The fraction of sp³-hybridized carbons (Fsp3) is 0.667. The zero-order chi connectivity index (χ0) is 13.3. The topological polar surface area (TPSA) is 70.9 Å². The van der Waals surface area contributed by atoms with Crippen LogP contribution < -0.4 is 5.73 Å². The molecule has 0 amide bonds. The lowest BCUT2D eigenvalue weighted by atomic mass is 9.97. The Balaban J connectivity index is 2.07. The van der Waals surface area contributed by atoms with E-state index in [2.05, 4.69) is 10.00 Å². The number of nitrogens with zero attached hydrogens (tertiary/aromatic N) is 3. The fourth-order valence-corrected chi connectivity index (χ4v) is 2.76. The van der Waals surface area contributed by atoms with Gasteiger partial charge in [0, 0.05) is 31.6 Å². The van der Waals surface area contributed by atoms with Crippen LogP contribution >= 0.6 is 11.6 Å². The third-order valence-corrected chi connectivity index (χ3v) is 4.07. The van der Waals surface area contributed by atoms with Gasteiger partial charge in [0.05, 0.1) is 11.5 Å². The van der Waals surface area contributed by atoms with E-state index in [9.17, 15) is 0 Å². The standard InChI is InChI=1S/C12H20ClN5/c1-8-10(11(13)17(2)16-8)7-18-5-3-4-9(6-18)12(14)15/h9H,3-7H2,1-2H3,(H3,14,15). The first-order valence-corrected chi connectivity index (χ1v) is 6.61. The zero-order valence-corrected chi connectivity index (χ0v) is 11.7. The molecule has 1 atom stereocenters. The Labute approximate surface area is 112 Å². The number of nitrogens with one attached hydrogen (secondary N) is 1. The van der Waals surface area contributed by atoms with Gasteiger partial charge in [-0.25, -0.2) is 0 Å². The molecule has 1 aromatic heterocycles. The van der Waals surface area contributed by atoms with Gasteiger partial charge in [-0.15, -0.1) is 0 Å². The van der Waals surface area contributed by atoms with Crippen molar-refractivity contribution >= 4 is 17.4 Å². The van der Waals surface area contributed by atoms with Crippen LogP contribution in [0.25, 0.3) is 0 Å². The van der Waals surface area contributed by atoms with E-state index in [1.165, 1.54) is 0 Å². The minimum absolute atomic E-state index is 0.189. The third-order valence-electron chi connectivity index (χ3n) is 3.60. The molecule has 6 heteroatoms. The number of amidine groups is 1. The SMILES string of the molecule is Cc1nn(C)c(Cl)c1CN1CCCC(C(=N)N)C1. The van der Waals surface area contributed by atoms with Gasteiger partial charge >= 0.3 is 0 Å². The van der Waals surface area contributed by atoms with Crippen molar-refractivity contribution in [3.05, 3.63) is 16.4 Å². The molecule has 5 nitrogen and oxygen atoms in total. The number of hydrogen-bond acceptors (Lipinski definition) is 3. The number of halogens is 1. The maximum Gasteiger partial charge on any atom is 0.131 e. The maximum atomic E-state index is 7.56. The number of aryl methyl sites for hydroxylation is 2. The van der Waals surface area contributed by atoms with Crippen molar-refractivity contribution in [2.75, 3.05) is 13.1 Å². The van der Waals surface area contributed by atoms with E-state index in [0.29, 0.717) is 11.0 Å². The molecule has 0 aromatic carbocycles. The van der Waals surface area contributed by atoms with Gasteiger partial charge in [-0.1, -0.05) is 11.6 Å². The Kier molecular flexibility index (Phi) is 3.92. The van der Waals surface area contributed by atoms with E-state index in [-0.39, 0.29) is 5.92 Å². The summed E-state index contributed by atoms with van der Waals surface area (Å²) in [5, 5.41) is 12.6. The number of likely N-dealkylation sites (tertiary alicyclic amines) is 1. The van der Waals surface area contributed by atoms with E-state index in [4.69, 9.17) is 22.7 Å². The van der Waals surface area contributed by atoms with Crippen LogP contribution in [0.4, 0.5) is 0 Å². The smallest absolute Gasteiger partial charge is 0.131 e. The summed E-state index contributed by atoms with van der Waals surface area (Å²) in [5.74, 6) is 0.489. The number of piperidine rings is 1. The van der Waals surface area contributed by atoms with Crippen LogP contribution in [0.2, 0.25) is 5.15 Å². The van der Waals surface area contributed by atoms with Crippen molar-refractivity contribution in [3.63, 3.8) is 0 Å². The van der Waals surface area contributed by atoms with E-state index in [1.807, 2.05) is 14.0 Å². The van der Waals surface area contributed by atoms with E-state index < -0.39 is 0 Å². The van der Waals surface area contributed by atoms with Crippen LogP contribution in [-0.4, -0.2) is 33.6 Å². The molecule has 1 saturated heterocycles. The molecule has 1 aliphatic heterocycles. The van der Waals surface area contributed by atoms with Crippen molar-refractivity contribution < 1.29 is 0 Å². The average Bonchev–Trinajstić information content (AvgIpc) is 2.56. The number of rotatable bonds is 3. The fourth-order valence-electron chi connectivity index (χ4n) is 2.53. The lowest BCUT2D eigenvalue weighted by Crippen LogP contribution is -2.40. The number of hydrogen-bond donors (Lipinski definition) is 2. The average molecular weight is 270 g/mol. The minimum Gasteiger partial charge on any atom is -0.387 e. The van der Waals surface area contributed by atoms with Crippen molar-refractivity contribution in [1.29, 1.82) is 5.41 Å². The highest BCUT2D eigenvalue weighted by atomic mass is 35.5. The van der Waals surface area contributed by atoms with E-state index >= 15 is 0 Å². The van der Waals surface area contributed by atoms with Crippen molar-refractivity contribution in [3.8, 4) is 0 Å². The molecule has 0 saturated carbocycles. The van der Waals surface area contributed by atoms with Crippen LogP contribution in [0.15, 0.2) is 0 Å². The summed E-state index contributed by atoms with van der Waals surface area (Å²) in [7, 11) is 1.85. The summed E-state index contributed by atoms with van der Waals surface area (Å²) >= 11 is 6.24. The highest BCUT2D eigenvalue weighted by Crippen LogP contribution is 2.24. The molecular weight excluding hydrogens is 250 g/mol. The summed E-state index contributed by atoms with van der Waals surface area (Å²) in [5.41, 5.74) is 7.67. The van der Waals surface area contributed by atoms with E-state index in [0.717, 1.165) is 43.7 Å². The van der Waals surface area contributed by atoms with Gasteiger partial charge in [-0.3, -0.25) is 15.0 Å². The van der Waals surface area contributed by atoms with Crippen LogP contribution in [-0.2, 0) is 13.6 Å². The number of nitrogens with two attached hydrogens (primary N) is 1. The van der Waals surface area contributed by atoms with Gasteiger partial charge in [0.15, 0.2) is 0 Å². The van der Waals surface area contributed by atoms with Crippen LogP contribution in [0.5, 0.6) is 0 Å². The summed E-state index contributed by atoms with van der Waals surface area (Å²) in [4.78, 5) is 2.31. The first-order valence-electron chi connectivity index (χ1n) is 6.23. The molecule has 0 spiro atoms. The summed E-state index contributed by atoms with van der Waals surface area (Å²) in [6.07, 6.45) is 2.10. The quantitative estimate of drug-likeness (QED) is 0.646. The Bertz CT molecular complexity index is 454. The Morgan fingerprint density at radius 1 is 1.61 bits per heavy atom. The van der Waals surface area contributed by atoms with Gasteiger partial charge in [-0.2, -0.15) is 5.10 Å². The maximum absolute atomic E-state index is 7.56. The molecule has 0 bridgehead atoms. The second-order valence-electron chi connectivity index (χ2n) is 5.01. The zero-order valence-electron chi connectivity index (χ0n) is 10.9. The summed E-state index contributed by atoms with van der Waals surface area (Å²) in [6, 6.07) is 0. The summed E-state index contributed by atoms with van der Waals surface area (Å²) in [6.45, 7) is 4.66. The van der Waals surface area contributed by atoms with Crippen molar-refractivity contribution in [2.45, 2.75) is 26.3 Å². The predicted molar refractivity (Wildman–Crippen MR) is 72.9 cm³/mol. The Morgan fingerprint density at radius 3 is 2.89 bits per heavy atom. The largest absolute Gasteiger partial charge is 0.387 e. The Morgan fingerprint density at radius 2 is 2.33 bits per heavy atom. The third kappa shape index (κ3) is 2.67. The second kappa shape index (κ2) is 5.28. The molecule has 0 radical (unpaired) electrons. The first kappa shape index (κ1) is 13.4. The molecule has 1 aromatic rings. The monoisotopic (exact) mass is 269 g/mol. The van der Waals surface area contributed by atoms with Crippen LogP contribution in [0, 0.1) is 18.3 Å². The predicted octanol–water partition coefficient (Wildman–Crippen LogP) is 1.53. The molecule has 100 valence electrons. The van der Waals surface area contributed by atoms with Crippen LogP contribution in [0.3, 0.4) is 0 Å². The first-order chi connectivity index (χ1) is 8.49. The molecule has 1 unspecified atom stereocenters. The van der Waals surface area contributed by atoms with Crippen molar-refractivity contribution in [1.82, 2.24) is 14.7 Å². The molecule has 2 heterocycles. The summed E-state index contributed by atoms with van der Waals surface area (Å²) < 4.78 is 1.71. The van der Waals surface area contributed by atoms with Gasteiger partial charge < -0.3 is 5.73 Å². The molecule has 0 aliphatic carbocycles. The molecule has 1 fully saturated rings. The van der Waals surface area contributed by atoms with Crippen molar-refractivity contribution in [2.24, 2.45) is 18.7 Å². The molecule has 18 heavy (non-hydrogen) atoms. The lowest BCUT2D eigenvalue weighted by Gasteiger charge is -2.32. The normalized spacial score (nSPS) is 21.2. The highest BCUT2D eigenvalue weighted by Gasteiger charge is 2.23. The van der Waals surface area contributed by atoms with Gasteiger partial charge in [0.2, 0.25) is 0 Å². The number of aromatic nitrogens is 2. The van der Waals surface area contributed by atoms with E-state index in [1.54, 1.807) is 4.68 Å². The molecule has 2 rings (SSSR count). The minimum atomic E-state index is 0.189. The van der Waals surface area contributed by atoms with Gasteiger partial charge in [0.25, 0.3) is 0 Å². The van der Waals surface area contributed by atoms with Gasteiger partial charge in [0.1, 0.15) is 5.15 Å². The second-order valence-corrected chi connectivity index (χ2v) is 5.37. The molecule has 1 aliphatic rings. The molecular formula is C12H20ClN5.